The van der Waals surface area contributed by atoms with Gasteiger partial charge in [-0.15, -0.1) is 0 Å². The molecule has 0 radical (unpaired) electrons. The molecular weight excluding hydrogens is 304 g/mol. The molecule has 0 bridgehead atoms. The lowest BCUT2D eigenvalue weighted by molar-refractivity contribution is 0.367. The van der Waals surface area contributed by atoms with Crippen LogP contribution in [0.2, 0.25) is 0 Å². The maximum Gasteiger partial charge on any atom is 0.330 e. The quantitative estimate of drug-likeness (QED) is 0.759. The summed E-state index contributed by atoms with van der Waals surface area (Å²) >= 11 is 0. The number of anilines is 2. The van der Waals surface area contributed by atoms with E-state index >= 15 is 0 Å². The molecule has 3 aromatic rings. The van der Waals surface area contributed by atoms with Gasteiger partial charge in [-0.05, 0) is 39.8 Å². The highest BCUT2D eigenvalue weighted by Gasteiger charge is 2.18. The number of pyridine rings is 1. The van der Waals surface area contributed by atoms with E-state index in [-0.39, 0.29) is 5.56 Å². The number of hydrogen-bond acceptors (Lipinski definition) is 4. The first kappa shape index (κ1) is 16.0. The minimum Gasteiger partial charge on any atom is -0.341 e. The van der Waals surface area contributed by atoms with Crippen molar-refractivity contribution in [3.8, 4) is 0 Å². The van der Waals surface area contributed by atoms with Crippen LogP contribution in [0.1, 0.15) is 26.5 Å². The first-order valence-electron chi connectivity index (χ1n) is 7.76. The largest absolute Gasteiger partial charge is 0.341 e. The van der Waals surface area contributed by atoms with Crippen LogP contribution in [0.4, 0.5) is 11.5 Å². The van der Waals surface area contributed by atoms with Crippen LogP contribution in [0.3, 0.4) is 0 Å². The van der Waals surface area contributed by atoms with E-state index in [0.717, 1.165) is 22.3 Å². The zero-order valence-electron chi connectivity index (χ0n) is 14.2. The molecule has 0 aliphatic heterocycles. The van der Waals surface area contributed by atoms with Gasteiger partial charge in [0.15, 0.2) is 0 Å². The molecule has 0 saturated heterocycles. The molecule has 6 heteroatoms. The van der Waals surface area contributed by atoms with Crippen LogP contribution in [0.15, 0.2) is 46.0 Å². The van der Waals surface area contributed by atoms with Crippen LogP contribution >= 0.6 is 0 Å². The number of para-hydroxylation sites is 1. The molecule has 0 unspecified atom stereocenters. The van der Waals surface area contributed by atoms with Gasteiger partial charge in [0.05, 0.1) is 11.2 Å². The number of aromatic amines is 1. The SMILES string of the molecule is Cc1cc(Nc2cc(=O)n(C(C)(C)C)c(=O)[nH]2)c2ccccc2n1. The number of nitrogens with one attached hydrogen (secondary N) is 2. The monoisotopic (exact) mass is 324 g/mol. The Kier molecular flexibility index (Phi) is 3.75. The molecule has 24 heavy (non-hydrogen) atoms. The third kappa shape index (κ3) is 2.95. The molecule has 6 nitrogen and oxygen atoms in total. The lowest BCUT2D eigenvalue weighted by Gasteiger charge is -2.21. The molecule has 1 aromatic carbocycles. The van der Waals surface area contributed by atoms with E-state index in [4.69, 9.17) is 0 Å². The highest BCUT2D eigenvalue weighted by Crippen LogP contribution is 2.25. The summed E-state index contributed by atoms with van der Waals surface area (Å²) in [5.41, 5.74) is 1.13. The van der Waals surface area contributed by atoms with Gasteiger partial charge in [-0.1, -0.05) is 18.2 Å². The number of hydrogen-bond donors (Lipinski definition) is 2. The number of rotatable bonds is 2. The molecule has 2 N–H and O–H groups in total. The summed E-state index contributed by atoms with van der Waals surface area (Å²) in [6.45, 7) is 7.35. The van der Waals surface area contributed by atoms with Crippen molar-refractivity contribution in [3.05, 3.63) is 62.9 Å². The summed E-state index contributed by atoms with van der Waals surface area (Å²) in [6.07, 6.45) is 0. The fraction of sp³-hybridized carbons (Fsp3) is 0.278. The summed E-state index contributed by atoms with van der Waals surface area (Å²) in [6, 6.07) is 11.0. The Morgan fingerprint density at radius 1 is 1.12 bits per heavy atom. The van der Waals surface area contributed by atoms with E-state index in [0.29, 0.717) is 5.82 Å². The lowest BCUT2D eigenvalue weighted by atomic mass is 10.1. The summed E-state index contributed by atoms with van der Waals surface area (Å²) in [4.78, 5) is 31.8. The standard InChI is InChI=1S/C18H20N4O2/c1-11-9-14(12-7-5-6-8-13(12)19-11)20-15-10-16(23)22(17(24)21-15)18(2,3)4/h5-10H,1-4H3,(H,19,20)(H,21,24). The van der Waals surface area contributed by atoms with Gasteiger partial charge in [-0.3, -0.25) is 19.3 Å². The molecular formula is C18H20N4O2. The number of aromatic nitrogens is 3. The Balaban J connectivity index is 2.11. The van der Waals surface area contributed by atoms with Crippen molar-refractivity contribution in [1.29, 1.82) is 0 Å². The Bertz CT molecular complexity index is 994. The average Bonchev–Trinajstić information content (AvgIpc) is 2.44. The van der Waals surface area contributed by atoms with Crippen molar-refractivity contribution in [2.45, 2.75) is 33.2 Å². The van der Waals surface area contributed by atoms with Crippen LogP contribution in [0, 0.1) is 6.92 Å². The van der Waals surface area contributed by atoms with Gasteiger partial charge >= 0.3 is 5.69 Å². The van der Waals surface area contributed by atoms with E-state index in [1.807, 2.05) is 58.0 Å². The van der Waals surface area contributed by atoms with Crippen LogP contribution in [-0.4, -0.2) is 14.5 Å². The zero-order valence-corrected chi connectivity index (χ0v) is 14.2. The second-order valence-corrected chi connectivity index (χ2v) is 6.79. The number of H-pyrrole nitrogens is 1. The summed E-state index contributed by atoms with van der Waals surface area (Å²) in [5, 5.41) is 4.06. The molecule has 0 aliphatic rings. The molecule has 0 saturated carbocycles. The predicted octanol–water partition coefficient (Wildman–Crippen LogP) is 2.89. The van der Waals surface area contributed by atoms with Crippen LogP contribution < -0.4 is 16.6 Å². The molecule has 0 amide bonds. The maximum absolute atomic E-state index is 12.3. The highest BCUT2D eigenvalue weighted by molar-refractivity contribution is 5.92. The first-order chi connectivity index (χ1) is 11.3. The van der Waals surface area contributed by atoms with E-state index in [1.165, 1.54) is 10.6 Å². The van der Waals surface area contributed by atoms with E-state index in [9.17, 15) is 9.59 Å². The number of nitrogens with zero attached hydrogens (tertiary/aromatic N) is 2. The topological polar surface area (TPSA) is 79.8 Å². The van der Waals surface area contributed by atoms with Crippen molar-refractivity contribution in [1.82, 2.24) is 14.5 Å². The molecule has 124 valence electrons. The molecule has 3 rings (SSSR count). The zero-order chi connectivity index (χ0) is 17.5. The number of fused-ring (bicyclic) bond motifs is 1. The molecule has 0 fully saturated rings. The van der Waals surface area contributed by atoms with Gasteiger partial charge in [0, 0.05) is 22.7 Å². The Hall–Kier alpha value is -2.89. The Morgan fingerprint density at radius 3 is 2.50 bits per heavy atom. The Labute approximate surface area is 139 Å². The first-order valence-corrected chi connectivity index (χ1v) is 7.76. The second kappa shape index (κ2) is 5.63. The maximum atomic E-state index is 12.3. The van der Waals surface area contributed by atoms with Gasteiger partial charge in [0.2, 0.25) is 0 Å². The van der Waals surface area contributed by atoms with E-state index in [1.54, 1.807) is 0 Å². The van der Waals surface area contributed by atoms with Crippen molar-refractivity contribution in [3.63, 3.8) is 0 Å². The van der Waals surface area contributed by atoms with Gasteiger partial charge in [0.1, 0.15) is 5.82 Å². The fourth-order valence-electron chi connectivity index (χ4n) is 2.75. The number of benzene rings is 1. The van der Waals surface area contributed by atoms with Gasteiger partial charge < -0.3 is 5.32 Å². The van der Waals surface area contributed by atoms with Crippen LogP contribution in [0.5, 0.6) is 0 Å². The second-order valence-electron chi connectivity index (χ2n) is 6.79. The van der Waals surface area contributed by atoms with Crippen molar-refractivity contribution in [2.24, 2.45) is 0 Å². The lowest BCUT2D eigenvalue weighted by Crippen LogP contribution is -2.44. The Morgan fingerprint density at radius 2 is 1.83 bits per heavy atom. The van der Waals surface area contributed by atoms with Gasteiger partial charge in [-0.2, -0.15) is 0 Å². The number of aryl methyl sites for hydroxylation is 1. The predicted molar refractivity (Wildman–Crippen MR) is 96.1 cm³/mol. The van der Waals surface area contributed by atoms with Crippen molar-refractivity contribution < 1.29 is 0 Å². The van der Waals surface area contributed by atoms with Crippen LogP contribution in [0.25, 0.3) is 10.9 Å². The van der Waals surface area contributed by atoms with Gasteiger partial charge in [-0.25, -0.2) is 4.79 Å². The molecule has 0 atom stereocenters. The normalized spacial score (nSPS) is 11.7. The van der Waals surface area contributed by atoms with Crippen molar-refractivity contribution >= 4 is 22.4 Å². The molecule has 2 aromatic heterocycles. The van der Waals surface area contributed by atoms with E-state index < -0.39 is 11.2 Å². The summed E-state index contributed by atoms with van der Waals surface area (Å²) < 4.78 is 1.20. The van der Waals surface area contributed by atoms with Crippen LogP contribution in [-0.2, 0) is 5.54 Å². The van der Waals surface area contributed by atoms with Gasteiger partial charge in [0.25, 0.3) is 5.56 Å². The fourth-order valence-corrected chi connectivity index (χ4v) is 2.75. The average molecular weight is 324 g/mol. The van der Waals surface area contributed by atoms with Crippen molar-refractivity contribution in [2.75, 3.05) is 5.32 Å². The minimum atomic E-state index is -0.580. The third-order valence-electron chi connectivity index (χ3n) is 3.72. The summed E-state index contributed by atoms with van der Waals surface area (Å²) in [7, 11) is 0. The molecule has 2 heterocycles. The highest BCUT2D eigenvalue weighted by atomic mass is 16.2. The minimum absolute atomic E-state index is 0.344. The van der Waals surface area contributed by atoms with E-state index in [2.05, 4.69) is 15.3 Å². The molecule has 0 spiro atoms. The summed E-state index contributed by atoms with van der Waals surface area (Å²) in [5.74, 6) is 0.362. The third-order valence-corrected chi connectivity index (χ3v) is 3.72. The molecule has 0 aliphatic carbocycles. The smallest absolute Gasteiger partial charge is 0.330 e.